The molecule has 1 aliphatic rings. The number of rotatable bonds is 6. The Bertz CT molecular complexity index is 348. The molecule has 0 fully saturated rings. The third kappa shape index (κ3) is 2.92. The molecule has 0 saturated heterocycles. The highest BCUT2D eigenvalue weighted by atomic mass is 32.2. The molecule has 0 spiro atoms. The number of hydrogen-bond donors (Lipinski definition) is 1. The van der Waals surface area contributed by atoms with Gasteiger partial charge in [-0.3, -0.25) is 0 Å². The van der Waals surface area contributed by atoms with Crippen molar-refractivity contribution in [2.24, 2.45) is 5.92 Å². The second kappa shape index (κ2) is 6.63. The summed E-state index contributed by atoms with van der Waals surface area (Å²) in [6, 6.07) is 9.55. The van der Waals surface area contributed by atoms with Crippen LogP contribution in [0.4, 0.5) is 0 Å². The summed E-state index contributed by atoms with van der Waals surface area (Å²) in [7, 11) is 0. The van der Waals surface area contributed by atoms with E-state index in [0.29, 0.717) is 11.3 Å². The lowest BCUT2D eigenvalue weighted by atomic mass is 9.89. The highest BCUT2D eigenvalue weighted by molar-refractivity contribution is 8.00. The zero-order chi connectivity index (χ0) is 13.0. The maximum absolute atomic E-state index is 3.74. The molecule has 1 heterocycles. The fourth-order valence-electron chi connectivity index (χ4n) is 3.04. The first-order valence-corrected chi connectivity index (χ1v) is 8.16. The van der Waals surface area contributed by atoms with Crippen LogP contribution in [0.5, 0.6) is 0 Å². The van der Waals surface area contributed by atoms with E-state index in [4.69, 9.17) is 0 Å². The largest absolute Gasteiger partial charge is 0.313 e. The van der Waals surface area contributed by atoms with Crippen LogP contribution < -0.4 is 5.32 Å². The smallest absolute Gasteiger partial charge is 0.0291 e. The van der Waals surface area contributed by atoms with Crippen molar-refractivity contribution >= 4 is 11.8 Å². The van der Waals surface area contributed by atoms with Gasteiger partial charge in [-0.15, -0.1) is 11.8 Å². The Labute approximate surface area is 116 Å². The zero-order valence-electron chi connectivity index (χ0n) is 11.8. The maximum atomic E-state index is 3.74. The number of thioether (sulfide) groups is 1. The number of fused-ring (bicyclic) bond motifs is 1. The number of nitrogens with one attached hydrogen (secondary N) is 1. The van der Waals surface area contributed by atoms with Crippen LogP contribution in [0.1, 0.15) is 39.2 Å². The summed E-state index contributed by atoms with van der Waals surface area (Å²) in [5, 5.41) is 4.46. The predicted molar refractivity (Wildman–Crippen MR) is 81.3 cm³/mol. The van der Waals surface area contributed by atoms with E-state index >= 15 is 0 Å². The fraction of sp³-hybridized carbons (Fsp3) is 0.625. The van der Waals surface area contributed by atoms with E-state index in [1.165, 1.54) is 24.2 Å². The van der Waals surface area contributed by atoms with Crippen molar-refractivity contribution in [3.05, 3.63) is 29.8 Å². The third-order valence-electron chi connectivity index (χ3n) is 4.07. The second-order valence-corrected chi connectivity index (χ2v) is 6.41. The molecule has 2 atom stereocenters. The SMILES string of the molecule is CCNC(C(CC)CC)C1Cc2ccccc2S1. The molecule has 1 aromatic rings. The molecule has 0 amide bonds. The third-order valence-corrected chi connectivity index (χ3v) is 5.48. The van der Waals surface area contributed by atoms with Gasteiger partial charge in [0.2, 0.25) is 0 Å². The lowest BCUT2D eigenvalue weighted by Crippen LogP contribution is -2.43. The van der Waals surface area contributed by atoms with Crippen molar-refractivity contribution in [2.75, 3.05) is 6.54 Å². The Kier molecular flexibility index (Phi) is 5.13. The lowest BCUT2D eigenvalue weighted by molar-refractivity contribution is 0.331. The molecule has 2 rings (SSSR count). The quantitative estimate of drug-likeness (QED) is 0.828. The molecule has 1 aliphatic heterocycles. The minimum Gasteiger partial charge on any atom is -0.313 e. The van der Waals surface area contributed by atoms with Crippen LogP contribution >= 0.6 is 11.8 Å². The summed E-state index contributed by atoms with van der Waals surface area (Å²) in [5.41, 5.74) is 1.54. The monoisotopic (exact) mass is 263 g/mol. The molecule has 0 saturated carbocycles. The molecule has 0 aromatic heterocycles. The molecule has 2 unspecified atom stereocenters. The fourth-order valence-corrected chi connectivity index (χ4v) is 4.56. The van der Waals surface area contributed by atoms with Gasteiger partial charge in [0.05, 0.1) is 0 Å². The first-order valence-electron chi connectivity index (χ1n) is 7.28. The van der Waals surface area contributed by atoms with Gasteiger partial charge in [-0.2, -0.15) is 0 Å². The van der Waals surface area contributed by atoms with Crippen molar-refractivity contribution in [1.82, 2.24) is 5.32 Å². The molecular formula is C16H25NS. The van der Waals surface area contributed by atoms with Gasteiger partial charge in [0.1, 0.15) is 0 Å². The highest BCUT2D eigenvalue weighted by Crippen LogP contribution is 2.40. The van der Waals surface area contributed by atoms with Crippen LogP contribution in [0.15, 0.2) is 29.2 Å². The van der Waals surface area contributed by atoms with Gasteiger partial charge in [-0.25, -0.2) is 0 Å². The average Bonchev–Trinajstić information content (AvgIpc) is 2.82. The molecule has 1 N–H and O–H groups in total. The average molecular weight is 263 g/mol. The highest BCUT2D eigenvalue weighted by Gasteiger charge is 2.32. The van der Waals surface area contributed by atoms with Crippen LogP contribution in [-0.4, -0.2) is 17.8 Å². The van der Waals surface area contributed by atoms with Gasteiger partial charge < -0.3 is 5.32 Å². The molecule has 18 heavy (non-hydrogen) atoms. The van der Waals surface area contributed by atoms with Crippen molar-refractivity contribution in [1.29, 1.82) is 0 Å². The lowest BCUT2D eigenvalue weighted by Gasteiger charge is -2.30. The van der Waals surface area contributed by atoms with Crippen molar-refractivity contribution in [2.45, 2.75) is 56.2 Å². The minimum atomic E-state index is 0.655. The van der Waals surface area contributed by atoms with E-state index in [-0.39, 0.29) is 0 Å². The van der Waals surface area contributed by atoms with E-state index < -0.39 is 0 Å². The Hall–Kier alpha value is -0.470. The Balaban J connectivity index is 2.10. The minimum absolute atomic E-state index is 0.655. The van der Waals surface area contributed by atoms with E-state index in [1.807, 2.05) is 0 Å². The van der Waals surface area contributed by atoms with Crippen molar-refractivity contribution < 1.29 is 0 Å². The number of hydrogen-bond acceptors (Lipinski definition) is 2. The van der Waals surface area contributed by atoms with Crippen LogP contribution in [-0.2, 0) is 6.42 Å². The van der Waals surface area contributed by atoms with Gasteiger partial charge in [0, 0.05) is 16.2 Å². The van der Waals surface area contributed by atoms with Crippen molar-refractivity contribution in [3.63, 3.8) is 0 Å². The molecule has 2 heteroatoms. The summed E-state index contributed by atoms with van der Waals surface area (Å²) < 4.78 is 0. The number of benzene rings is 1. The van der Waals surface area contributed by atoms with Crippen LogP contribution in [0.2, 0.25) is 0 Å². The van der Waals surface area contributed by atoms with Crippen LogP contribution in [0.3, 0.4) is 0 Å². The summed E-state index contributed by atoms with van der Waals surface area (Å²) in [6.07, 6.45) is 3.79. The molecule has 0 aliphatic carbocycles. The zero-order valence-corrected chi connectivity index (χ0v) is 12.6. The van der Waals surface area contributed by atoms with E-state index in [0.717, 1.165) is 12.5 Å². The molecule has 1 nitrogen and oxygen atoms in total. The van der Waals surface area contributed by atoms with Gasteiger partial charge in [0.25, 0.3) is 0 Å². The van der Waals surface area contributed by atoms with E-state index in [1.54, 1.807) is 5.56 Å². The topological polar surface area (TPSA) is 12.0 Å². The van der Waals surface area contributed by atoms with Crippen molar-refractivity contribution in [3.8, 4) is 0 Å². The Morgan fingerprint density at radius 2 is 1.94 bits per heavy atom. The van der Waals surface area contributed by atoms with Crippen LogP contribution in [0.25, 0.3) is 0 Å². The van der Waals surface area contributed by atoms with Gasteiger partial charge in [-0.1, -0.05) is 51.8 Å². The summed E-state index contributed by atoms with van der Waals surface area (Å²) >= 11 is 2.08. The second-order valence-electron chi connectivity index (χ2n) is 5.13. The Morgan fingerprint density at radius 3 is 2.56 bits per heavy atom. The summed E-state index contributed by atoms with van der Waals surface area (Å²) in [5.74, 6) is 0.803. The Morgan fingerprint density at radius 1 is 1.22 bits per heavy atom. The molecular weight excluding hydrogens is 238 g/mol. The van der Waals surface area contributed by atoms with Gasteiger partial charge in [-0.05, 0) is 30.5 Å². The van der Waals surface area contributed by atoms with E-state index in [2.05, 4.69) is 62.1 Å². The summed E-state index contributed by atoms with van der Waals surface area (Å²) in [6.45, 7) is 7.95. The molecule has 0 radical (unpaired) electrons. The predicted octanol–water partition coefficient (Wildman–Crippen LogP) is 4.12. The van der Waals surface area contributed by atoms with Crippen LogP contribution in [0, 0.1) is 5.92 Å². The van der Waals surface area contributed by atoms with Gasteiger partial charge >= 0.3 is 0 Å². The summed E-state index contributed by atoms with van der Waals surface area (Å²) in [4.78, 5) is 1.50. The first-order chi connectivity index (χ1) is 8.80. The standard InChI is InChI=1S/C16H25NS/c1-4-12(5-2)16(17-6-3)15-11-13-9-7-8-10-14(13)18-15/h7-10,12,15-17H,4-6,11H2,1-3H3. The molecule has 0 bridgehead atoms. The first kappa shape index (κ1) is 14.0. The molecule has 100 valence electrons. The van der Waals surface area contributed by atoms with Gasteiger partial charge in [0.15, 0.2) is 0 Å². The maximum Gasteiger partial charge on any atom is 0.0291 e. The molecule has 1 aromatic carbocycles. The normalized spacial score (nSPS) is 20.1. The van der Waals surface area contributed by atoms with E-state index in [9.17, 15) is 0 Å².